The summed E-state index contributed by atoms with van der Waals surface area (Å²) in [6.07, 6.45) is 3.32. The minimum atomic E-state index is -0.329. The molecule has 2 aliphatic heterocycles. The van der Waals surface area contributed by atoms with E-state index in [2.05, 4.69) is 20.7 Å². The summed E-state index contributed by atoms with van der Waals surface area (Å²) in [4.78, 5) is 13.6. The Morgan fingerprint density at radius 1 is 1.26 bits per heavy atom. The SMILES string of the molecule is O=C(Cn1nnc(-c2ccc(F)cc2)n1)NC1CCOC2(CCOCC2)C1. The molecule has 2 aromatic rings. The number of benzene rings is 1. The largest absolute Gasteiger partial charge is 0.381 e. The second-order valence-electron chi connectivity index (χ2n) is 7.05. The van der Waals surface area contributed by atoms with Crippen LogP contribution in [0.2, 0.25) is 0 Å². The molecule has 9 heteroatoms. The number of hydrogen-bond donors (Lipinski definition) is 1. The summed E-state index contributed by atoms with van der Waals surface area (Å²) in [7, 11) is 0. The summed E-state index contributed by atoms with van der Waals surface area (Å²) in [5.74, 6) is -0.133. The van der Waals surface area contributed by atoms with Gasteiger partial charge in [0.1, 0.15) is 12.4 Å². The first kappa shape index (κ1) is 18.0. The summed E-state index contributed by atoms with van der Waals surface area (Å²) in [6.45, 7) is 2.04. The van der Waals surface area contributed by atoms with Gasteiger partial charge in [-0.2, -0.15) is 4.80 Å². The van der Waals surface area contributed by atoms with Gasteiger partial charge in [-0.05, 0) is 55.2 Å². The summed E-state index contributed by atoms with van der Waals surface area (Å²) in [5.41, 5.74) is 0.476. The number of amides is 1. The Morgan fingerprint density at radius 3 is 2.81 bits per heavy atom. The second-order valence-corrected chi connectivity index (χ2v) is 7.05. The predicted octanol–water partition coefficient (Wildman–Crippen LogP) is 1.32. The van der Waals surface area contributed by atoms with Crippen LogP contribution < -0.4 is 5.32 Å². The Hall–Kier alpha value is -2.39. The molecule has 2 fully saturated rings. The van der Waals surface area contributed by atoms with Crippen LogP contribution in [0.1, 0.15) is 25.7 Å². The van der Waals surface area contributed by atoms with Gasteiger partial charge in [0, 0.05) is 31.4 Å². The molecule has 27 heavy (non-hydrogen) atoms. The topological polar surface area (TPSA) is 91.2 Å². The van der Waals surface area contributed by atoms with E-state index < -0.39 is 0 Å². The average molecular weight is 375 g/mol. The maximum atomic E-state index is 13.0. The highest BCUT2D eigenvalue weighted by atomic mass is 19.1. The molecule has 1 unspecified atom stereocenters. The molecule has 144 valence electrons. The fraction of sp³-hybridized carbons (Fsp3) is 0.556. The highest BCUT2D eigenvalue weighted by Gasteiger charge is 2.39. The number of tetrazole rings is 1. The molecule has 1 aromatic carbocycles. The number of nitrogens with zero attached hydrogens (tertiary/aromatic N) is 4. The van der Waals surface area contributed by atoms with Crippen molar-refractivity contribution < 1.29 is 18.7 Å². The lowest BCUT2D eigenvalue weighted by molar-refractivity contribution is -0.144. The highest BCUT2D eigenvalue weighted by molar-refractivity contribution is 5.75. The van der Waals surface area contributed by atoms with Gasteiger partial charge in [0.05, 0.1) is 5.60 Å². The van der Waals surface area contributed by atoms with E-state index in [4.69, 9.17) is 9.47 Å². The summed E-state index contributed by atoms with van der Waals surface area (Å²) in [5, 5.41) is 15.1. The molecule has 8 nitrogen and oxygen atoms in total. The Labute approximate surface area is 156 Å². The third-order valence-electron chi connectivity index (χ3n) is 5.10. The van der Waals surface area contributed by atoms with Gasteiger partial charge >= 0.3 is 0 Å². The second kappa shape index (κ2) is 7.69. The van der Waals surface area contributed by atoms with Crippen molar-refractivity contribution in [2.45, 2.75) is 43.9 Å². The molecule has 0 radical (unpaired) electrons. The van der Waals surface area contributed by atoms with Gasteiger partial charge in [0.15, 0.2) is 0 Å². The lowest BCUT2D eigenvalue weighted by atomic mass is 9.84. The average Bonchev–Trinajstić information content (AvgIpc) is 3.11. The minimum Gasteiger partial charge on any atom is -0.381 e. The van der Waals surface area contributed by atoms with Gasteiger partial charge in [-0.25, -0.2) is 4.39 Å². The molecule has 1 amide bonds. The number of carbonyl (C=O) groups excluding carboxylic acids is 1. The van der Waals surface area contributed by atoms with Crippen LogP contribution in [0.5, 0.6) is 0 Å². The molecule has 0 bridgehead atoms. The fourth-order valence-electron chi connectivity index (χ4n) is 3.67. The van der Waals surface area contributed by atoms with E-state index in [1.54, 1.807) is 12.1 Å². The van der Waals surface area contributed by atoms with Crippen LogP contribution in [0.3, 0.4) is 0 Å². The van der Waals surface area contributed by atoms with Crippen molar-refractivity contribution >= 4 is 5.91 Å². The van der Waals surface area contributed by atoms with Gasteiger partial charge in [0.25, 0.3) is 0 Å². The van der Waals surface area contributed by atoms with Crippen LogP contribution in [0.25, 0.3) is 11.4 Å². The van der Waals surface area contributed by atoms with Gasteiger partial charge in [-0.3, -0.25) is 4.79 Å². The summed E-state index contributed by atoms with van der Waals surface area (Å²) >= 11 is 0. The number of hydrogen-bond acceptors (Lipinski definition) is 6. The number of nitrogens with one attached hydrogen (secondary N) is 1. The molecular weight excluding hydrogens is 353 g/mol. The monoisotopic (exact) mass is 375 g/mol. The van der Waals surface area contributed by atoms with Gasteiger partial charge in [0.2, 0.25) is 11.7 Å². The Morgan fingerprint density at radius 2 is 2.04 bits per heavy atom. The van der Waals surface area contributed by atoms with Gasteiger partial charge in [-0.1, -0.05) is 0 Å². The number of rotatable bonds is 4. The Kier molecular flexibility index (Phi) is 5.13. The van der Waals surface area contributed by atoms with Crippen LogP contribution in [-0.4, -0.2) is 57.6 Å². The van der Waals surface area contributed by atoms with Crippen LogP contribution in [-0.2, 0) is 20.8 Å². The Bertz CT molecular complexity index is 783. The van der Waals surface area contributed by atoms with E-state index >= 15 is 0 Å². The lowest BCUT2D eigenvalue weighted by Gasteiger charge is -2.43. The van der Waals surface area contributed by atoms with Crippen molar-refractivity contribution in [2.24, 2.45) is 0 Å². The molecule has 1 aromatic heterocycles. The molecule has 1 atom stereocenters. The number of halogens is 1. The van der Waals surface area contributed by atoms with Crippen LogP contribution in [0.15, 0.2) is 24.3 Å². The number of aromatic nitrogens is 4. The number of carbonyl (C=O) groups is 1. The van der Waals surface area contributed by atoms with E-state index in [1.165, 1.54) is 16.9 Å². The minimum absolute atomic E-state index is 0.0122. The quantitative estimate of drug-likeness (QED) is 0.867. The molecule has 0 aliphatic carbocycles. The van der Waals surface area contributed by atoms with E-state index in [9.17, 15) is 9.18 Å². The zero-order valence-electron chi connectivity index (χ0n) is 14.9. The highest BCUT2D eigenvalue weighted by Crippen LogP contribution is 2.34. The van der Waals surface area contributed by atoms with Crippen molar-refractivity contribution in [2.75, 3.05) is 19.8 Å². The lowest BCUT2D eigenvalue weighted by Crippen LogP contribution is -2.51. The standard InChI is InChI=1S/C18H22FN5O3/c19-14-3-1-13(2-4-14)17-21-23-24(22-17)12-16(25)20-15-5-8-27-18(11-15)6-9-26-10-7-18/h1-4,15H,5-12H2,(H,20,25). The van der Waals surface area contributed by atoms with E-state index in [1.807, 2.05) is 0 Å². The molecule has 2 aliphatic rings. The first-order valence-corrected chi connectivity index (χ1v) is 9.17. The fourth-order valence-corrected chi connectivity index (χ4v) is 3.67. The molecule has 1 N–H and O–H groups in total. The first-order chi connectivity index (χ1) is 13.1. The third kappa shape index (κ3) is 4.30. The zero-order valence-corrected chi connectivity index (χ0v) is 14.9. The molecule has 1 spiro atoms. The predicted molar refractivity (Wildman–Crippen MR) is 93.1 cm³/mol. The molecule has 3 heterocycles. The first-order valence-electron chi connectivity index (χ1n) is 9.17. The Balaban J connectivity index is 1.33. The molecule has 4 rings (SSSR count). The molecule has 0 saturated carbocycles. The smallest absolute Gasteiger partial charge is 0.243 e. The maximum Gasteiger partial charge on any atom is 0.243 e. The van der Waals surface area contributed by atoms with Crippen molar-refractivity contribution in [1.29, 1.82) is 0 Å². The van der Waals surface area contributed by atoms with Crippen molar-refractivity contribution in [3.63, 3.8) is 0 Å². The van der Waals surface area contributed by atoms with Crippen molar-refractivity contribution in [3.05, 3.63) is 30.1 Å². The summed E-state index contributed by atoms with van der Waals surface area (Å²) in [6, 6.07) is 5.89. The number of ether oxygens (including phenoxy) is 2. The van der Waals surface area contributed by atoms with Crippen molar-refractivity contribution in [1.82, 2.24) is 25.5 Å². The van der Waals surface area contributed by atoms with E-state index in [-0.39, 0.29) is 29.9 Å². The third-order valence-corrected chi connectivity index (χ3v) is 5.10. The molecular formula is C18H22FN5O3. The van der Waals surface area contributed by atoms with E-state index in [0.29, 0.717) is 31.2 Å². The summed E-state index contributed by atoms with van der Waals surface area (Å²) < 4.78 is 24.4. The molecule has 2 saturated heterocycles. The van der Waals surface area contributed by atoms with Crippen LogP contribution >= 0.6 is 0 Å². The normalized spacial score (nSPS) is 21.9. The van der Waals surface area contributed by atoms with Gasteiger partial charge in [-0.15, -0.1) is 10.2 Å². The van der Waals surface area contributed by atoms with Crippen LogP contribution in [0.4, 0.5) is 4.39 Å². The van der Waals surface area contributed by atoms with Crippen molar-refractivity contribution in [3.8, 4) is 11.4 Å². The van der Waals surface area contributed by atoms with Crippen LogP contribution in [0, 0.1) is 5.82 Å². The van der Waals surface area contributed by atoms with E-state index in [0.717, 1.165) is 25.7 Å². The zero-order chi connectivity index (χ0) is 18.7. The maximum absolute atomic E-state index is 13.0. The van der Waals surface area contributed by atoms with Gasteiger partial charge < -0.3 is 14.8 Å².